The Morgan fingerprint density at radius 1 is 1.02 bits per heavy atom. The SMILES string of the molecule is CC.CC(=O)c1ccc(Nc2nc3ccc(C)cc3n2C)cc1.CC(C)CCN(C=O)CCC(C)C.c1c[nH]cn1. The van der Waals surface area contributed by atoms with Gasteiger partial charge in [0.2, 0.25) is 12.4 Å². The second kappa shape index (κ2) is 19.2. The standard InChI is InChI=1S/C17H17N3O.C11H23NO.C3H4N2.C2H6/c1-11-4-9-15-16(10-11)20(3)17(19-15)18-14-7-5-13(6-8-14)12(2)21;1-10(2)5-7-12(9-13)8-6-11(3)4;1-2-5-3-4-1;1-2/h4-10H,1-3H3,(H,18,19);9-11H,5-8H2,1-4H3;1-3H,(H,4,5);1-2H3. The van der Waals surface area contributed by atoms with Gasteiger partial charge in [-0.15, -0.1) is 0 Å². The number of ketones is 1. The molecule has 4 rings (SSSR count). The van der Waals surface area contributed by atoms with Crippen molar-refractivity contribution in [3.05, 3.63) is 72.3 Å². The molecule has 2 aromatic carbocycles. The van der Waals surface area contributed by atoms with Crippen LogP contribution in [0, 0.1) is 18.8 Å². The highest BCUT2D eigenvalue weighted by molar-refractivity contribution is 5.94. The molecule has 224 valence electrons. The first-order chi connectivity index (χ1) is 19.6. The largest absolute Gasteiger partial charge is 0.351 e. The molecule has 2 heterocycles. The van der Waals surface area contributed by atoms with Crippen LogP contribution in [0.5, 0.6) is 0 Å². The summed E-state index contributed by atoms with van der Waals surface area (Å²) in [6, 6.07) is 13.6. The fourth-order valence-electron chi connectivity index (χ4n) is 3.61. The first-order valence-electron chi connectivity index (χ1n) is 14.5. The third kappa shape index (κ3) is 13.3. The molecule has 0 aliphatic heterocycles. The molecule has 0 unspecified atom stereocenters. The Bertz CT molecular complexity index is 1230. The number of aromatic amines is 1. The normalized spacial score (nSPS) is 10.1. The topological polar surface area (TPSA) is 95.9 Å². The highest BCUT2D eigenvalue weighted by Crippen LogP contribution is 2.22. The molecule has 2 aromatic heterocycles. The lowest BCUT2D eigenvalue weighted by Crippen LogP contribution is -2.26. The molecule has 0 saturated heterocycles. The van der Waals surface area contributed by atoms with Crippen molar-refractivity contribution in [2.45, 2.75) is 68.2 Å². The number of H-pyrrole nitrogens is 1. The molecule has 41 heavy (non-hydrogen) atoms. The van der Waals surface area contributed by atoms with Crippen molar-refractivity contribution in [1.82, 2.24) is 24.4 Å². The van der Waals surface area contributed by atoms with Gasteiger partial charge < -0.3 is 19.8 Å². The lowest BCUT2D eigenvalue weighted by atomic mass is 10.1. The van der Waals surface area contributed by atoms with E-state index in [2.05, 4.69) is 67.0 Å². The number of nitrogens with one attached hydrogen (secondary N) is 2. The number of fused-ring (bicyclic) bond motifs is 1. The molecule has 0 aliphatic rings. The van der Waals surface area contributed by atoms with Gasteiger partial charge in [0.25, 0.3) is 0 Å². The Kier molecular flexibility index (Phi) is 16.4. The minimum atomic E-state index is 0.0692. The first-order valence-corrected chi connectivity index (χ1v) is 14.5. The van der Waals surface area contributed by atoms with E-state index in [4.69, 9.17) is 0 Å². The molecule has 4 aromatic rings. The number of carbonyl (C=O) groups excluding carboxylic acids is 2. The lowest BCUT2D eigenvalue weighted by molar-refractivity contribution is -0.118. The van der Waals surface area contributed by atoms with Crippen LogP contribution in [0.2, 0.25) is 0 Å². The number of rotatable bonds is 10. The Morgan fingerprint density at radius 2 is 1.63 bits per heavy atom. The number of hydrogen-bond acceptors (Lipinski definition) is 5. The molecule has 0 saturated carbocycles. The molecule has 2 N–H and O–H groups in total. The molecule has 0 aliphatic carbocycles. The zero-order valence-corrected chi connectivity index (χ0v) is 26.4. The van der Waals surface area contributed by atoms with E-state index in [0.29, 0.717) is 17.4 Å². The van der Waals surface area contributed by atoms with Crippen LogP contribution in [-0.4, -0.2) is 49.7 Å². The van der Waals surface area contributed by atoms with Crippen molar-refractivity contribution in [3.63, 3.8) is 0 Å². The van der Waals surface area contributed by atoms with E-state index in [1.807, 2.05) is 60.7 Å². The highest BCUT2D eigenvalue weighted by atomic mass is 16.1. The summed E-state index contributed by atoms with van der Waals surface area (Å²) in [6.07, 6.45) is 8.28. The average Bonchev–Trinajstić information content (AvgIpc) is 3.63. The van der Waals surface area contributed by atoms with Gasteiger partial charge in [-0.25, -0.2) is 9.97 Å². The number of carbonyl (C=O) groups is 2. The Hall–Kier alpha value is -3.94. The number of Topliss-reactive ketones (excluding diaryl/α,β-unsaturated/α-hetero) is 1. The third-order valence-corrected chi connectivity index (χ3v) is 6.13. The number of benzene rings is 2. The van der Waals surface area contributed by atoms with E-state index in [-0.39, 0.29) is 5.78 Å². The van der Waals surface area contributed by atoms with E-state index >= 15 is 0 Å². The van der Waals surface area contributed by atoms with E-state index < -0.39 is 0 Å². The molecule has 0 atom stereocenters. The maximum Gasteiger partial charge on any atom is 0.209 e. The van der Waals surface area contributed by atoms with Crippen molar-refractivity contribution in [2.24, 2.45) is 18.9 Å². The number of anilines is 2. The number of aromatic nitrogens is 4. The van der Waals surface area contributed by atoms with Crippen molar-refractivity contribution >= 4 is 34.9 Å². The van der Waals surface area contributed by atoms with E-state index in [1.54, 1.807) is 25.6 Å². The van der Waals surface area contributed by atoms with Crippen LogP contribution in [0.4, 0.5) is 11.6 Å². The monoisotopic (exact) mass is 562 g/mol. The fraction of sp³-hybridized carbons (Fsp3) is 0.455. The molecule has 8 heteroatoms. The van der Waals surface area contributed by atoms with Gasteiger partial charge in [-0.1, -0.05) is 47.6 Å². The number of imidazole rings is 2. The van der Waals surface area contributed by atoms with Crippen molar-refractivity contribution < 1.29 is 9.59 Å². The number of nitrogens with zero attached hydrogens (tertiary/aromatic N) is 4. The summed E-state index contributed by atoms with van der Waals surface area (Å²) in [5, 5.41) is 3.29. The van der Waals surface area contributed by atoms with Crippen molar-refractivity contribution in [3.8, 4) is 0 Å². The van der Waals surface area contributed by atoms with Crippen LogP contribution in [0.25, 0.3) is 11.0 Å². The maximum atomic E-state index is 11.3. The van der Waals surface area contributed by atoms with E-state index in [9.17, 15) is 9.59 Å². The van der Waals surface area contributed by atoms with Gasteiger partial charge in [-0.05, 0) is 80.5 Å². The highest BCUT2D eigenvalue weighted by Gasteiger charge is 2.08. The van der Waals surface area contributed by atoms with E-state index in [0.717, 1.165) is 55.0 Å². The zero-order chi connectivity index (χ0) is 30.8. The summed E-state index contributed by atoms with van der Waals surface area (Å²) in [5.41, 5.74) is 4.89. The Morgan fingerprint density at radius 3 is 2.07 bits per heavy atom. The molecule has 0 bridgehead atoms. The van der Waals surface area contributed by atoms with Gasteiger partial charge in [0.15, 0.2) is 5.78 Å². The fourth-order valence-corrected chi connectivity index (χ4v) is 3.61. The second-order valence-corrected chi connectivity index (χ2v) is 10.5. The minimum Gasteiger partial charge on any atom is -0.351 e. The van der Waals surface area contributed by atoms with Gasteiger partial charge >= 0.3 is 0 Å². The number of aryl methyl sites for hydroxylation is 2. The summed E-state index contributed by atoms with van der Waals surface area (Å²) in [6.45, 7) is 18.2. The van der Waals surface area contributed by atoms with Gasteiger partial charge in [-0.3, -0.25) is 9.59 Å². The summed E-state index contributed by atoms with van der Waals surface area (Å²) in [4.78, 5) is 34.8. The first kappa shape index (κ1) is 35.1. The number of amides is 1. The minimum absolute atomic E-state index is 0.0692. The van der Waals surface area contributed by atoms with Crippen LogP contribution in [0.15, 0.2) is 61.2 Å². The zero-order valence-electron chi connectivity index (χ0n) is 26.4. The van der Waals surface area contributed by atoms with E-state index in [1.165, 1.54) is 5.56 Å². The summed E-state index contributed by atoms with van der Waals surface area (Å²) >= 11 is 0. The van der Waals surface area contributed by atoms with Gasteiger partial charge in [0.05, 0.1) is 17.4 Å². The molecule has 8 nitrogen and oxygen atoms in total. The predicted molar refractivity (Wildman–Crippen MR) is 172 cm³/mol. The molecule has 0 spiro atoms. The summed E-state index contributed by atoms with van der Waals surface area (Å²) in [7, 11) is 1.99. The number of hydrogen-bond donors (Lipinski definition) is 2. The van der Waals surface area contributed by atoms with Crippen LogP contribution in [0.3, 0.4) is 0 Å². The third-order valence-electron chi connectivity index (χ3n) is 6.13. The predicted octanol–water partition coefficient (Wildman–Crippen LogP) is 7.80. The quantitative estimate of drug-likeness (QED) is 0.152. The summed E-state index contributed by atoms with van der Waals surface area (Å²) < 4.78 is 2.03. The molecule has 0 fully saturated rings. The maximum absolute atomic E-state index is 11.3. The van der Waals surface area contributed by atoms with Gasteiger partial charge in [0, 0.05) is 43.8 Å². The van der Waals surface area contributed by atoms with Gasteiger partial charge in [0.1, 0.15) is 0 Å². The molecule has 0 radical (unpaired) electrons. The summed E-state index contributed by atoms with van der Waals surface area (Å²) in [5.74, 6) is 2.22. The van der Waals surface area contributed by atoms with Crippen LogP contribution in [-0.2, 0) is 11.8 Å². The lowest BCUT2D eigenvalue weighted by Gasteiger charge is -2.19. The van der Waals surface area contributed by atoms with Crippen LogP contribution >= 0.6 is 0 Å². The Balaban J connectivity index is 0.000000357. The molecular formula is C33H50N6O2. The van der Waals surface area contributed by atoms with Crippen LogP contribution < -0.4 is 5.32 Å². The van der Waals surface area contributed by atoms with Crippen molar-refractivity contribution in [2.75, 3.05) is 18.4 Å². The second-order valence-electron chi connectivity index (χ2n) is 10.5. The molecular weight excluding hydrogens is 512 g/mol. The Labute approximate surface area is 246 Å². The van der Waals surface area contributed by atoms with Crippen LogP contribution in [0.1, 0.15) is 77.2 Å². The molecule has 1 amide bonds. The van der Waals surface area contributed by atoms with Crippen molar-refractivity contribution in [1.29, 1.82) is 0 Å². The average molecular weight is 563 g/mol. The van der Waals surface area contributed by atoms with Gasteiger partial charge in [-0.2, -0.15) is 0 Å². The smallest absolute Gasteiger partial charge is 0.209 e.